The van der Waals surface area contributed by atoms with E-state index in [4.69, 9.17) is 16.3 Å². The van der Waals surface area contributed by atoms with Gasteiger partial charge in [0, 0.05) is 10.4 Å². The van der Waals surface area contributed by atoms with Crippen molar-refractivity contribution in [3.8, 4) is 5.75 Å². The third kappa shape index (κ3) is 1.36. The number of H-pyrrole nitrogens is 1. The van der Waals surface area contributed by atoms with E-state index in [-0.39, 0.29) is 0 Å². The number of benzene rings is 1. The van der Waals surface area contributed by atoms with Crippen LogP contribution in [-0.2, 0) is 6.42 Å². The molecular weight excluding hydrogens is 198 g/mol. The smallest absolute Gasteiger partial charge is 0.147 e. The number of hydrogen-bond donors (Lipinski definition) is 1. The van der Waals surface area contributed by atoms with Gasteiger partial charge in [-0.2, -0.15) is 0 Å². The highest BCUT2D eigenvalue weighted by molar-refractivity contribution is 6.31. The molecule has 74 valence electrons. The highest BCUT2D eigenvalue weighted by Gasteiger charge is 2.09. The predicted octanol–water partition coefficient (Wildman–Crippen LogP) is 3.39. The Balaban J connectivity index is 2.73. The van der Waals surface area contributed by atoms with Gasteiger partial charge in [-0.3, -0.25) is 0 Å². The van der Waals surface area contributed by atoms with Crippen molar-refractivity contribution in [2.24, 2.45) is 0 Å². The van der Waals surface area contributed by atoms with E-state index in [1.54, 1.807) is 7.11 Å². The molecule has 0 radical (unpaired) electrons. The molecule has 2 rings (SSSR count). The first kappa shape index (κ1) is 9.41. The van der Waals surface area contributed by atoms with E-state index < -0.39 is 0 Å². The number of halogens is 1. The maximum Gasteiger partial charge on any atom is 0.147 e. The number of methoxy groups -OCH3 is 1. The van der Waals surface area contributed by atoms with E-state index >= 15 is 0 Å². The molecule has 0 spiro atoms. The van der Waals surface area contributed by atoms with E-state index in [9.17, 15) is 0 Å². The normalized spacial score (nSPS) is 10.8. The van der Waals surface area contributed by atoms with Gasteiger partial charge in [0.1, 0.15) is 5.75 Å². The average molecular weight is 210 g/mol. The van der Waals surface area contributed by atoms with Crippen molar-refractivity contribution < 1.29 is 4.74 Å². The summed E-state index contributed by atoms with van der Waals surface area (Å²) in [5.74, 6) is 0.930. The van der Waals surface area contributed by atoms with Gasteiger partial charge in [-0.15, -0.1) is 0 Å². The Morgan fingerprint density at radius 1 is 1.43 bits per heavy atom. The maximum absolute atomic E-state index is 5.91. The number of fused-ring (bicyclic) bond motifs is 1. The summed E-state index contributed by atoms with van der Waals surface area (Å²) in [5.41, 5.74) is 2.15. The second kappa shape index (κ2) is 3.54. The fourth-order valence-corrected chi connectivity index (χ4v) is 1.85. The molecule has 1 N–H and O–H groups in total. The molecule has 0 atom stereocenters. The minimum atomic E-state index is 0.740. The Hall–Kier alpha value is -1.15. The standard InChI is InChI=1S/C11H12ClNO/c1-3-9-11(14-2)8-5-4-7(12)6-10(8)13-9/h4-6,13H,3H2,1-2H3. The van der Waals surface area contributed by atoms with Crippen LogP contribution in [0.1, 0.15) is 12.6 Å². The molecular formula is C11H12ClNO. The van der Waals surface area contributed by atoms with E-state index in [1.165, 1.54) is 0 Å². The third-order valence-corrected chi connectivity index (χ3v) is 2.58. The summed E-state index contributed by atoms with van der Waals surface area (Å²) in [7, 11) is 1.69. The van der Waals surface area contributed by atoms with Gasteiger partial charge >= 0.3 is 0 Å². The number of nitrogens with one attached hydrogen (secondary N) is 1. The van der Waals surface area contributed by atoms with E-state index in [0.29, 0.717) is 0 Å². The molecule has 2 nitrogen and oxygen atoms in total. The van der Waals surface area contributed by atoms with Crippen molar-refractivity contribution in [1.82, 2.24) is 4.98 Å². The second-order valence-electron chi connectivity index (χ2n) is 3.18. The van der Waals surface area contributed by atoms with Crippen LogP contribution in [0.3, 0.4) is 0 Å². The molecule has 3 heteroatoms. The van der Waals surface area contributed by atoms with Gasteiger partial charge in [-0.1, -0.05) is 18.5 Å². The van der Waals surface area contributed by atoms with Crippen LogP contribution >= 0.6 is 11.6 Å². The topological polar surface area (TPSA) is 25.0 Å². The number of aryl methyl sites for hydroxylation is 1. The molecule has 0 aliphatic carbocycles. The van der Waals surface area contributed by atoms with Crippen LogP contribution in [-0.4, -0.2) is 12.1 Å². The Labute approximate surface area is 87.8 Å². The minimum absolute atomic E-state index is 0.740. The van der Waals surface area contributed by atoms with Gasteiger partial charge in [0.05, 0.1) is 18.3 Å². The summed E-state index contributed by atoms with van der Waals surface area (Å²) in [5, 5.41) is 1.83. The lowest BCUT2D eigenvalue weighted by Crippen LogP contribution is -1.86. The summed E-state index contributed by atoms with van der Waals surface area (Å²) in [4.78, 5) is 3.30. The highest BCUT2D eigenvalue weighted by atomic mass is 35.5. The monoisotopic (exact) mass is 209 g/mol. The van der Waals surface area contributed by atoms with Gasteiger partial charge in [0.25, 0.3) is 0 Å². The third-order valence-electron chi connectivity index (χ3n) is 2.34. The zero-order chi connectivity index (χ0) is 10.1. The maximum atomic E-state index is 5.91. The van der Waals surface area contributed by atoms with Crippen molar-refractivity contribution in [1.29, 1.82) is 0 Å². The van der Waals surface area contributed by atoms with Crippen molar-refractivity contribution >= 4 is 22.5 Å². The van der Waals surface area contributed by atoms with Gasteiger partial charge in [0.2, 0.25) is 0 Å². The number of aromatic nitrogens is 1. The summed E-state index contributed by atoms with van der Waals surface area (Å²) < 4.78 is 5.36. The van der Waals surface area contributed by atoms with Crippen LogP contribution in [0.2, 0.25) is 5.02 Å². The molecule has 0 saturated heterocycles. The first-order chi connectivity index (χ1) is 6.76. The Bertz CT molecular complexity index is 462. The van der Waals surface area contributed by atoms with Crippen LogP contribution in [0.4, 0.5) is 0 Å². The van der Waals surface area contributed by atoms with E-state index in [1.807, 2.05) is 18.2 Å². The Morgan fingerprint density at radius 2 is 2.21 bits per heavy atom. The fraction of sp³-hybridized carbons (Fsp3) is 0.273. The highest BCUT2D eigenvalue weighted by Crippen LogP contribution is 2.31. The second-order valence-corrected chi connectivity index (χ2v) is 3.62. The molecule has 1 heterocycles. The molecule has 14 heavy (non-hydrogen) atoms. The lowest BCUT2D eigenvalue weighted by molar-refractivity contribution is 0.415. The number of aromatic amines is 1. The molecule has 1 aromatic carbocycles. The zero-order valence-electron chi connectivity index (χ0n) is 8.23. The fourth-order valence-electron chi connectivity index (χ4n) is 1.68. The average Bonchev–Trinajstić information content (AvgIpc) is 2.54. The lowest BCUT2D eigenvalue weighted by Gasteiger charge is -1.99. The molecule has 2 aromatic rings. The van der Waals surface area contributed by atoms with E-state index in [2.05, 4.69) is 11.9 Å². The van der Waals surface area contributed by atoms with Crippen molar-refractivity contribution in [2.75, 3.05) is 7.11 Å². The largest absolute Gasteiger partial charge is 0.494 e. The summed E-state index contributed by atoms with van der Waals surface area (Å²) in [6.07, 6.45) is 0.926. The van der Waals surface area contributed by atoms with Gasteiger partial charge in [-0.25, -0.2) is 0 Å². The van der Waals surface area contributed by atoms with Crippen LogP contribution in [0.15, 0.2) is 18.2 Å². The van der Waals surface area contributed by atoms with Gasteiger partial charge in [0.15, 0.2) is 0 Å². The number of ether oxygens (including phenoxy) is 1. The Morgan fingerprint density at radius 3 is 2.86 bits per heavy atom. The van der Waals surface area contributed by atoms with Crippen LogP contribution in [0.25, 0.3) is 10.9 Å². The lowest BCUT2D eigenvalue weighted by atomic mass is 10.2. The number of rotatable bonds is 2. The van der Waals surface area contributed by atoms with Gasteiger partial charge in [-0.05, 0) is 24.6 Å². The summed E-state index contributed by atoms with van der Waals surface area (Å²) in [6.45, 7) is 2.09. The molecule has 0 unspecified atom stereocenters. The zero-order valence-corrected chi connectivity index (χ0v) is 8.98. The van der Waals surface area contributed by atoms with Crippen LogP contribution in [0.5, 0.6) is 5.75 Å². The molecule has 0 saturated carbocycles. The first-order valence-corrected chi connectivity index (χ1v) is 4.98. The molecule has 0 amide bonds. The number of hydrogen-bond acceptors (Lipinski definition) is 1. The molecule has 0 aliphatic heterocycles. The molecule has 1 aromatic heterocycles. The predicted molar refractivity (Wildman–Crippen MR) is 59.2 cm³/mol. The van der Waals surface area contributed by atoms with Crippen molar-refractivity contribution in [3.63, 3.8) is 0 Å². The quantitative estimate of drug-likeness (QED) is 0.806. The SMILES string of the molecule is CCc1[nH]c2cc(Cl)ccc2c1OC. The van der Waals surface area contributed by atoms with Crippen LogP contribution in [0, 0.1) is 0 Å². The van der Waals surface area contributed by atoms with Crippen molar-refractivity contribution in [3.05, 3.63) is 28.9 Å². The molecule has 0 aliphatic rings. The van der Waals surface area contributed by atoms with Crippen LogP contribution < -0.4 is 4.74 Å². The molecule has 0 bridgehead atoms. The molecule has 0 fully saturated rings. The Kier molecular flexibility index (Phi) is 2.38. The van der Waals surface area contributed by atoms with Gasteiger partial charge < -0.3 is 9.72 Å². The summed E-state index contributed by atoms with van der Waals surface area (Å²) >= 11 is 5.91. The first-order valence-electron chi connectivity index (χ1n) is 4.60. The van der Waals surface area contributed by atoms with E-state index in [0.717, 1.165) is 33.8 Å². The van der Waals surface area contributed by atoms with Crippen molar-refractivity contribution in [2.45, 2.75) is 13.3 Å². The minimum Gasteiger partial charge on any atom is -0.494 e. The summed E-state index contributed by atoms with van der Waals surface area (Å²) in [6, 6.07) is 5.77.